The Morgan fingerprint density at radius 3 is 2.89 bits per heavy atom. The first-order valence-electron chi connectivity index (χ1n) is 5.29. The van der Waals surface area contributed by atoms with Crippen LogP contribution >= 0.6 is 11.3 Å². The molecular weight excluding hydrogens is 248 g/mol. The molecule has 2 aromatic rings. The maximum Gasteiger partial charge on any atom is 0.223 e. The smallest absolute Gasteiger partial charge is 0.223 e. The minimum atomic E-state index is -0.130. The fraction of sp³-hybridized carbons (Fsp3) is 0.250. The number of thiazole rings is 1. The van der Waals surface area contributed by atoms with Crippen LogP contribution in [0.2, 0.25) is 0 Å². The van der Waals surface area contributed by atoms with Gasteiger partial charge in [-0.1, -0.05) is 11.3 Å². The van der Waals surface area contributed by atoms with Gasteiger partial charge in [0.25, 0.3) is 0 Å². The van der Waals surface area contributed by atoms with E-state index in [1.807, 2.05) is 18.5 Å². The molecule has 1 N–H and O–H groups in total. The number of carbonyl (C=O) groups is 1. The monoisotopic (exact) mass is 260 g/mol. The third-order valence-corrected chi connectivity index (χ3v) is 3.19. The van der Waals surface area contributed by atoms with Gasteiger partial charge in [-0.3, -0.25) is 4.79 Å². The molecule has 0 fully saturated rings. The van der Waals surface area contributed by atoms with Crippen molar-refractivity contribution in [3.8, 4) is 11.8 Å². The highest BCUT2D eigenvalue weighted by molar-refractivity contribution is 7.16. The fourth-order valence-electron chi connectivity index (χ4n) is 1.31. The lowest BCUT2D eigenvalue weighted by Gasteiger charge is -1.91. The zero-order chi connectivity index (χ0) is 13.1. The lowest BCUT2D eigenvalue weighted by molar-refractivity contribution is -0.114. The van der Waals surface area contributed by atoms with Crippen LogP contribution in [-0.2, 0) is 11.8 Å². The van der Waals surface area contributed by atoms with Crippen LogP contribution in [0.25, 0.3) is 0 Å². The summed E-state index contributed by atoms with van der Waals surface area (Å²) in [6.45, 7) is 3.33. The van der Waals surface area contributed by atoms with Gasteiger partial charge < -0.3 is 9.88 Å². The van der Waals surface area contributed by atoms with Crippen LogP contribution < -0.4 is 5.32 Å². The van der Waals surface area contributed by atoms with Crippen molar-refractivity contribution in [1.29, 1.82) is 0 Å². The first kappa shape index (κ1) is 12.3. The van der Waals surface area contributed by atoms with Gasteiger partial charge in [0, 0.05) is 14.0 Å². The Morgan fingerprint density at radius 1 is 1.50 bits per heavy atom. The van der Waals surface area contributed by atoms with Gasteiger partial charge in [0.2, 0.25) is 5.91 Å². The molecular formula is C12H12N4OS. The summed E-state index contributed by atoms with van der Waals surface area (Å²) in [6.07, 6.45) is 3.41. The third kappa shape index (κ3) is 2.76. The molecule has 18 heavy (non-hydrogen) atoms. The summed E-state index contributed by atoms with van der Waals surface area (Å²) < 4.78 is 1.85. The van der Waals surface area contributed by atoms with Gasteiger partial charge in [0.1, 0.15) is 10.6 Å². The Balaban J connectivity index is 2.25. The number of anilines is 1. The summed E-state index contributed by atoms with van der Waals surface area (Å²) in [7, 11) is 1.89. The first-order valence-corrected chi connectivity index (χ1v) is 6.11. The Kier molecular flexibility index (Phi) is 3.44. The van der Waals surface area contributed by atoms with E-state index in [0.717, 1.165) is 16.3 Å². The van der Waals surface area contributed by atoms with Crippen molar-refractivity contribution in [1.82, 2.24) is 14.5 Å². The van der Waals surface area contributed by atoms with Crippen molar-refractivity contribution in [2.24, 2.45) is 7.05 Å². The number of hydrogen-bond acceptors (Lipinski definition) is 4. The number of aromatic nitrogens is 3. The van der Waals surface area contributed by atoms with Crippen LogP contribution in [0.1, 0.15) is 23.2 Å². The molecule has 0 aliphatic rings. The molecule has 92 valence electrons. The average Bonchev–Trinajstić information content (AvgIpc) is 2.82. The second-order valence-corrected chi connectivity index (χ2v) is 4.75. The summed E-state index contributed by atoms with van der Waals surface area (Å²) in [4.78, 5) is 20.0. The zero-order valence-electron chi connectivity index (χ0n) is 10.3. The van der Waals surface area contributed by atoms with E-state index in [0.29, 0.717) is 5.13 Å². The predicted molar refractivity (Wildman–Crippen MR) is 70.3 cm³/mol. The van der Waals surface area contributed by atoms with Crippen LogP contribution in [0, 0.1) is 18.8 Å². The van der Waals surface area contributed by atoms with E-state index in [4.69, 9.17) is 0 Å². The summed E-state index contributed by atoms with van der Waals surface area (Å²) in [5.74, 6) is 5.94. The Hall–Kier alpha value is -2.13. The van der Waals surface area contributed by atoms with Crippen molar-refractivity contribution in [2.75, 3.05) is 5.32 Å². The number of nitrogens with one attached hydrogen (secondary N) is 1. The number of rotatable bonds is 1. The van der Waals surface area contributed by atoms with Crippen molar-refractivity contribution in [3.05, 3.63) is 28.8 Å². The Morgan fingerprint density at radius 2 is 2.28 bits per heavy atom. The van der Waals surface area contributed by atoms with Gasteiger partial charge in [-0.2, -0.15) is 0 Å². The molecule has 1 amide bonds. The number of imidazole rings is 1. The molecule has 0 unspecified atom stereocenters. The first-order chi connectivity index (χ1) is 8.56. The van der Waals surface area contributed by atoms with Gasteiger partial charge in [0.05, 0.1) is 18.2 Å². The molecule has 0 aliphatic heterocycles. The number of carbonyl (C=O) groups excluding carboxylic acids is 1. The minimum absolute atomic E-state index is 0.130. The quantitative estimate of drug-likeness (QED) is 0.791. The summed E-state index contributed by atoms with van der Waals surface area (Å²) in [5.41, 5.74) is 1.65. The maximum atomic E-state index is 10.9. The lowest BCUT2D eigenvalue weighted by atomic mass is 10.3. The van der Waals surface area contributed by atoms with E-state index < -0.39 is 0 Å². The van der Waals surface area contributed by atoms with Gasteiger partial charge >= 0.3 is 0 Å². The van der Waals surface area contributed by atoms with Gasteiger partial charge in [-0.25, -0.2) is 9.97 Å². The normalized spacial score (nSPS) is 9.72. The molecule has 2 rings (SSSR count). The molecule has 5 nitrogen and oxygen atoms in total. The van der Waals surface area contributed by atoms with Crippen molar-refractivity contribution >= 4 is 22.4 Å². The van der Waals surface area contributed by atoms with E-state index >= 15 is 0 Å². The second kappa shape index (κ2) is 5.02. The van der Waals surface area contributed by atoms with Crippen LogP contribution in [0.15, 0.2) is 12.5 Å². The fourth-order valence-corrected chi connectivity index (χ4v) is 2.18. The van der Waals surface area contributed by atoms with Gasteiger partial charge in [-0.15, -0.1) is 0 Å². The minimum Gasteiger partial charge on any atom is -0.327 e. The molecule has 0 radical (unpaired) electrons. The van der Waals surface area contributed by atoms with E-state index in [1.54, 1.807) is 12.5 Å². The molecule has 0 aliphatic carbocycles. The molecule has 0 bridgehead atoms. The molecule has 2 aromatic heterocycles. The molecule has 0 atom stereocenters. The zero-order valence-corrected chi connectivity index (χ0v) is 11.1. The third-order valence-electron chi connectivity index (χ3n) is 2.20. The summed E-state index contributed by atoms with van der Waals surface area (Å²) in [5, 5.41) is 3.23. The average molecular weight is 260 g/mol. The van der Waals surface area contributed by atoms with E-state index in [-0.39, 0.29) is 5.91 Å². The van der Waals surface area contributed by atoms with Gasteiger partial charge in [0.15, 0.2) is 5.13 Å². The largest absolute Gasteiger partial charge is 0.327 e. The summed E-state index contributed by atoms with van der Waals surface area (Å²) >= 11 is 1.37. The molecule has 0 aromatic carbocycles. The molecule has 0 spiro atoms. The van der Waals surface area contributed by atoms with Crippen molar-refractivity contribution < 1.29 is 4.79 Å². The van der Waals surface area contributed by atoms with Crippen LogP contribution in [-0.4, -0.2) is 20.4 Å². The Bertz CT molecular complexity index is 645. The van der Waals surface area contributed by atoms with Gasteiger partial charge in [-0.05, 0) is 18.8 Å². The highest BCUT2D eigenvalue weighted by Crippen LogP contribution is 2.21. The number of nitrogens with zero attached hydrogens (tertiary/aromatic N) is 3. The van der Waals surface area contributed by atoms with E-state index in [9.17, 15) is 4.79 Å². The lowest BCUT2D eigenvalue weighted by Crippen LogP contribution is -2.04. The number of amides is 1. The standard InChI is InChI=1S/C12H12N4OS/c1-8-11(18-12(14-8)15-9(2)17)5-4-10-6-13-7-16(10)3/h6-7H,1-3H3,(H,14,15,17). The second-order valence-electron chi connectivity index (χ2n) is 3.75. The van der Waals surface area contributed by atoms with E-state index in [2.05, 4.69) is 27.1 Å². The van der Waals surface area contributed by atoms with E-state index in [1.165, 1.54) is 18.3 Å². The Labute approximate surface area is 109 Å². The maximum absolute atomic E-state index is 10.9. The summed E-state index contributed by atoms with van der Waals surface area (Å²) in [6, 6.07) is 0. The number of hydrogen-bond donors (Lipinski definition) is 1. The van der Waals surface area contributed by atoms with Crippen molar-refractivity contribution in [3.63, 3.8) is 0 Å². The molecule has 0 saturated heterocycles. The van der Waals surface area contributed by atoms with Crippen molar-refractivity contribution in [2.45, 2.75) is 13.8 Å². The SMILES string of the molecule is CC(=O)Nc1nc(C)c(C#Cc2cncn2C)s1. The molecule has 2 heterocycles. The highest BCUT2D eigenvalue weighted by atomic mass is 32.1. The highest BCUT2D eigenvalue weighted by Gasteiger charge is 2.06. The molecule has 0 saturated carbocycles. The topological polar surface area (TPSA) is 59.8 Å². The molecule has 6 heteroatoms. The van der Waals surface area contributed by atoms with Crippen LogP contribution in [0.4, 0.5) is 5.13 Å². The van der Waals surface area contributed by atoms with Crippen LogP contribution in [0.5, 0.6) is 0 Å². The predicted octanol–water partition coefficient (Wildman–Crippen LogP) is 1.54. The number of aryl methyl sites for hydroxylation is 2. The van der Waals surface area contributed by atoms with Crippen LogP contribution in [0.3, 0.4) is 0 Å².